The quantitative estimate of drug-likeness (QED) is 0.737. The van der Waals surface area contributed by atoms with Crippen LogP contribution in [-0.2, 0) is 0 Å². The highest BCUT2D eigenvalue weighted by Gasteiger charge is 2.29. The lowest BCUT2D eigenvalue weighted by Crippen LogP contribution is -2.32. The largest absolute Gasteiger partial charge is 0.330 e. The summed E-state index contributed by atoms with van der Waals surface area (Å²) >= 11 is 0. The lowest BCUT2D eigenvalue weighted by Gasteiger charge is -2.36. The molecule has 0 aliphatic heterocycles. The summed E-state index contributed by atoms with van der Waals surface area (Å²) in [7, 11) is 0. The van der Waals surface area contributed by atoms with Crippen LogP contribution < -0.4 is 5.73 Å². The zero-order chi connectivity index (χ0) is 9.14. The molecule has 2 N–H and O–H groups in total. The van der Waals surface area contributed by atoms with Gasteiger partial charge >= 0.3 is 0 Å². The van der Waals surface area contributed by atoms with Crippen molar-refractivity contribution >= 4 is 12.4 Å². The maximum Gasteiger partial charge on any atom is -0.00460 e. The van der Waals surface area contributed by atoms with Gasteiger partial charge in [0.25, 0.3) is 0 Å². The summed E-state index contributed by atoms with van der Waals surface area (Å²) in [5.74, 6) is 3.43. The van der Waals surface area contributed by atoms with E-state index in [4.69, 9.17) is 5.73 Å². The van der Waals surface area contributed by atoms with Crippen molar-refractivity contribution < 1.29 is 0 Å². The first-order chi connectivity index (χ1) is 5.65. The molecule has 0 aromatic carbocycles. The molecule has 1 nitrogen and oxygen atoms in total. The molecule has 0 spiro atoms. The molecule has 3 atom stereocenters. The topological polar surface area (TPSA) is 26.0 Å². The third-order valence-electron chi connectivity index (χ3n) is 3.46. The third-order valence-corrected chi connectivity index (χ3v) is 3.46. The van der Waals surface area contributed by atoms with Crippen molar-refractivity contribution in [2.24, 2.45) is 29.4 Å². The Hall–Kier alpha value is 0.250. The molecular formula is C11H24ClN. The smallest absolute Gasteiger partial charge is 0.00460 e. The SMILES string of the molecule is CC1CCC(C(C)C)C(CN)C1.Cl. The fourth-order valence-electron chi connectivity index (χ4n) is 2.67. The molecule has 2 heteroatoms. The van der Waals surface area contributed by atoms with Crippen molar-refractivity contribution in [3.63, 3.8) is 0 Å². The highest BCUT2D eigenvalue weighted by atomic mass is 35.5. The van der Waals surface area contributed by atoms with Crippen LogP contribution in [0.1, 0.15) is 40.0 Å². The highest BCUT2D eigenvalue weighted by molar-refractivity contribution is 5.85. The third kappa shape index (κ3) is 3.47. The van der Waals surface area contributed by atoms with Gasteiger partial charge in [-0.1, -0.05) is 27.2 Å². The van der Waals surface area contributed by atoms with Crippen LogP contribution in [0.25, 0.3) is 0 Å². The maximum absolute atomic E-state index is 5.79. The van der Waals surface area contributed by atoms with Gasteiger partial charge in [-0.3, -0.25) is 0 Å². The molecule has 0 bridgehead atoms. The second-order valence-corrected chi connectivity index (χ2v) is 4.82. The highest BCUT2D eigenvalue weighted by Crippen LogP contribution is 2.37. The Bertz CT molecular complexity index is 136. The van der Waals surface area contributed by atoms with E-state index in [1.54, 1.807) is 0 Å². The first-order valence-corrected chi connectivity index (χ1v) is 5.35. The van der Waals surface area contributed by atoms with Crippen LogP contribution >= 0.6 is 12.4 Å². The van der Waals surface area contributed by atoms with E-state index in [2.05, 4.69) is 20.8 Å². The Labute approximate surface area is 88.9 Å². The predicted octanol–water partition coefficient (Wildman–Crippen LogP) is 3.08. The van der Waals surface area contributed by atoms with E-state index < -0.39 is 0 Å². The van der Waals surface area contributed by atoms with Crippen LogP contribution in [0.5, 0.6) is 0 Å². The van der Waals surface area contributed by atoms with E-state index in [-0.39, 0.29) is 12.4 Å². The van der Waals surface area contributed by atoms with Crippen molar-refractivity contribution in [1.29, 1.82) is 0 Å². The fraction of sp³-hybridized carbons (Fsp3) is 1.00. The van der Waals surface area contributed by atoms with Gasteiger partial charge in [-0.05, 0) is 43.1 Å². The molecule has 1 aliphatic carbocycles. The molecule has 13 heavy (non-hydrogen) atoms. The summed E-state index contributed by atoms with van der Waals surface area (Å²) in [6.07, 6.45) is 4.18. The number of hydrogen-bond donors (Lipinski definition) is 1. The van der Waals surface area contributed by atoms with E-state index in [1.807, 2.05) is 0 Å². The van der Waals surface area contributed by atoms with E-state index in [9.17, 15) is 0 Å². The molecule has 0 amide bonds. The van der Waals surface area contributed by atoms with Crippen LogP contribution in [0, 0.1) is 23.7 Å². The van der Waals surface area contributed by atoms with Crippen LogP contribution in [-0.4, -0.2) is 6.54 Å². The predicted molar refractivity (Wildman–Crippen MR) is 61.1 cm³/mol. The minimum atomic E-state index is 0. The van der Waals surface area contributed by atoms with Crippen LogP contribution in [0.15, 0.2) is 0 Å². The van der Waals surface area contributed by atoms with Crippen molar-refractivity contribution in [1.82, 2.24) is 0 Å². The Morgan fingerprint density at radius 1 is 1.31 bits per heavy atom. The van der Waals surface area contributed by atoms with Crippen molar-refractivity contribution in [2.75, 3.05) is 6.54 Å². The summed E-state index contributed by atoms with van der Waals surface area (Å²) in [6, 6.07) is 0. The van der Waals surface area contributed by atoms with Gasteiger partial charge < -0.3 is 5.73 Å². The van der Waals surface area contributed by atoms with Gasteiger partial charge in [0, 0.05) is 0 Å². The average molecular weight is 206 g/mol. The van der Waals surface area contributed by atoms with E-state index in [0.29, 0.717) is 0 Å². The second-order valence-electron chi connectivity index (χ2n) is 4.82. The summed E-state index contributed by atoms with van der Waals surface area (Å²) in [5.41, 5.74) is 5.79. The molecule has 80 valence electrons. The minimum Gasteiger partial charge on any atom is -0.330 e. The maximum atomic E-state index is 5.79. The standard InChI is InChI=1S/C11H23N.ClH/c1-8(2)11-5-4-9(3)6-10(11)7-12;/h8-11H,4-7,12H2,1-3H3;1H. The molecule has 1 rings (SSSR count). The van der Waals surface area contributed by atoms with Gasteiger partial charge in [0.15, 0.2) is 0 Å². The zero-order valence-corrected chi connectivity index (χ0v) is 9.94. The van der Waals surface area contributed by atoms with Crippen LogP contribution in [0.3, 0.4) is 0 Å². The average Bonchev–Trinajstić information content (AvgIpc) is 2.03. The lowest BCUT2D eigenvalue weighted by molar-refractivity contribution is 0.150. The van der Waals surface area contributed by atoms with Crippen molar-refractivity contribution in [3.05, 3.63) is 0 Å². The van der Waals surface area contributed by atoms with Gasteiger partial charge in [0.1, 0.15) is 0 Å². The first kappa shape index (κ1) is 13.2. The number of hydrogen-bond acceptors (Lipinski definition) is 1. The van der Waals surface area contributed by atoms with E-state index in [0.717, 1.165) is 30.2 Å². The van der Waals surface area contributed by atoms with Gasteiger partial charge in [0.05, 0.1) is 0 Å². The second kappa shape index (κ2) is 5.87. The van der Waals surface area contributed by atoms with Crippen LogP contribution in [0.2, 0.25) is 0 Å². The molecule has 1 aliphatic rings. The molecule has 0 radical (unpaired) electrons. The summed E-state index contributed by atoms with van der Waals surface area (Å²) in [5, 5.41) is 0. The van der Waals surface area contributed by atoms with Crippen molar-refractivity contribution in [3.8, 4) is 0 Å². The minimum absolute atomic E-state index is 0. The summed E-state index contributed by atoms with van der Waals surface area (Å²) in [6.45, 7) is 7.93. The molecule has 1 fully saturated rings. The number of nitrogens with two attached hydrogens (primary N) is 1. The number of rotatable bonds is 2. The molecule has 0 saturated heterocycles. The van der Waals surface area contributed by atoms with Gasteiger partial charge in [-0.25, -0.2) is 0 Å². The van der Waals surface area contributed by atoms with Gasteiger partial charge in [-0.15, -0.1) is 12.4 Å². The zero-order valence-electron chi connectivity index (χ0n) is 9.12. The van der Waals surface area contributed by atoms with Gasteiger partial charge in [0.2, 0.25) is 0 Å². The van der Waals surface area contributed by atoms with Crippen molar-refractivity contribution in [2.45, 2.75) is 40.0 Å². The first-order valence-electron chi connectivity index (χ1n) is 5.35. The van der Waals surface area contributed by atoms with E-state index in [1.165, 1.54) is 19.3 Å². The molecule has 1 saturated carbocycles. The molecular weight excluding hydrogens is 182 g/mol. The Balaban J connectivity index is 0.00000144. The molecule has 3 unspecified atom stereocenters. The Morgan fingerprint density at radius 2 is 1.92 bits per heavy atom. The van der Waals surface area contributed by atoms with E-state index >= 15 is 0 Å². The molecule has 0 aromatic heterocycles. The molecule has 0 heterocycles. The summed E-state index contributed by atoms with van der Waals surface area (Å²) < 4.78 is 0. The number of halogens is 1. The molecule has 0 aromatic rings. The fourth-order valence-corrected chi connectivity index (χ4v) is 2.67. The lowest BCUT2D eigenvalue weighted by atomic mass is 9.70. The normalized spacial score (nSPS) is 34.4. The Kier molecular flexibility index (Phi) is 5.98. The van der Waals surface area contributed by atoms with Crippen LogP contribution in [0.4, 0.5) is 0 Å². The summed E-state index contributed by atoms with van der Waals surface area (Å²) in [4.78, 5) is 0. The Morgan fingerprint density at radius 3 is 2.38 bits per heavy atom. The van der Waals surface area contributed by atoms with Gasteiger partial charge in [-0.2, -0.15) is 0 Å². The monoisotopic (exact) mass is 205 g/mol.